The lowest BCUT2D eigenvalue weighted by Crippen LogP contribution is -2.27. The fourth-order valence-electron chi connectivity index (χ4n) is 1.58. The normalized spacial score (nSPS) is 13.5. The monoisotopic (exact) mass is 226 g/mol. The summed E-state index contributed by atoms with van der Waals surface area (Å²) in [4.78, 5) is 5.10. The molecule has 1 heterocycles. The molecule has 0 radical (unpaired) electrons. The molecule has 1 aromatic rings. The third-order valence-corrected chi connectivity index (χ3v) is 4.15. The van der Waals surface area contributed by atoms with Crippen LogP contribution in [0.3, 0.4) is 0 Å². The Labute approximate surface area is 97.1 Å². The zero-order chi connectivity index (χ0) is 11.4. The summed E-state index contributed by atoms with van der Waals surface area (Å²) in [6.45, 7) is 8.39. The third kappa shape index (κ3) is 3.30. The molecule has 1 unspecified atom stereocenters. The first-order valence-electron chi connectivity index (χ1n) is 5.57. The Morgan fingerprint density at radius 1 is 1.53 bits per heavy atom. The zero-order valence-corrected chi connectivity index (χ0v) is 11.0. The van der Waals surface area contributed by atoms with Crippen LogP contribution in [0.4, 0.5) is 0 Å². The van der Waals surface area contributed by atoms with E-state index in [1.165, 1.54) is 21.7 Å². The molecule has 0 aliphatic carbocycles. The lowest BCUT2D eigenvalue weighted by atomic mass is 10.2. The molecular formula is C12H22N2S. The maximum absolute atomic E-state index is 5.65. The summed E-state index contributed by atoms with van der Waals surface area (Å²) >= 11 is 1.82. The van der Waals surface area contributed by atoms with E-state index in [-0.39, 0.29) is 0 Å². The van der Waals surface area contributed by atoms with Crippen LogP contribution in [0.15, 0.2) is 6.07 Å². The molecule has 15 heavy (non-hydrogen) atoms. The lowest BCUT2D eigenvalue weighted by molar-refractivity contribution is 0.244. The molecule has 1 aromatic heterocycles. The predicted octanol–water partition coefficient (Wildman–Crippen LogP) is 2.75. The Balaban J connectivity index is 2.67. The Morgan fingerprint density at radius 2 is 2.20 bits per heavy atom. The molecular weight excluding hydrogens is 204 g/mol. The van der Waals surface area contributed by atoms with Crippen LogP contribution < -0.4 is 5.73 Å². The van der Waals surface area contributed by atoms with Gasteiger partial charge in [0.15, 0.2) is 0 Å². The summed E-state index contributed by atoms with van der Waals surface area (Å²) in [6, 6.07) is 2.89. The maximum Gasteiger partial charge on any atom is 0.0274 e. The molecule has 1 rings (SSSR count). The van der Waals surface area contributed by atoms with E-state index in [4.69, 9.17) is 5.73 Å². The summed E-state index contributed by atoms with van der Waals surface area (Å²) in [5.41, 5.74) is 7.08. The van der Waals surface area contributed by atoms with Gasteiger partial charge in [-0.3, -0.25) is 4.90 Å². The van der Waals surface area contributed by atoms with Gasteiger partial charge in [0.2, 0.25) is 0 Å². The van der Waals surface area contributed by atoms with Crippen molar-refractivity contribution in [1.29, 1.82) is 0 Å². The van der Waals surface area contributed by atoms with Gasteiger partial charge in [-0.1, -0.05) is 6.92 Å². The average Bonchev–Trinajstić information content (AvgIpc) is 2.58. The Hall–Kier alpha value is -0.380. The number of rotatable bonds is 5. The molecule has 2 N–H and O–H groups in total. The summed E-state index contributed by atoms with van der Waals surface area (Å²) in [7, 11) is 2.19. The van der Waals surface area contributed by atoms with E-state index in [0.717, 1.165) is 6.54 Å². The van der Waals surface area contributed by atoms with Gasteiger partial charge in [-0.15, -0.1) is 11.3 Å². The molecule has 0 fully saturated rings. The van der Waals surface area contributed by atoms with Gasteiger partial charge >= 0.3 is 0 Å². The molecule has 0 aliphatic rings. The standard InChI is InChI=1S/C12H22N2S/c1-5-9(2)14(4)8-11-6-12(7-13)15-10(11)3/h6,9H,5,7-8,13H2,1-4H3. The van der Waals surface area contributed by atoms with Crippen molar-refractivity contribution in [3.8, 4) is 0 Å². The molecule has 0 amide bonds. The summed E-state index contributed by atoms with van der Waals surface area (Å²) in [5, 5.41) is 0. The quantitative estimate of drug-likeness (QED) is 0.836. The van der Waals surface area contributed by atoms with Gasteiger partial charge in [0.1, 0.15) is 0 Å². The van der Waals surface area contributed by atoms with Crippen molar-refractivity contribution in [2.24, 2.45) is 5.73 Å². The summed E-state index contributed by atoms with van der Waals surface area (Å²) in [6.07, 6.45) is 1.20. The molecule has 0 aliphatic heterocycles. The number of hydrogen-bond acceptors (Lipinski definition) is 3. The van der Waals surface area contributed by atoms with Gasteiger partial charge in [0, 0.05) is 28.9 Å². The van der Waals surface area contributed by atoms with Crippen molar-refractivity contribution in [2.75, 3.05) is 7.05 Å². The molecule has 0 saturated carbocycles. The highest BCUT2D eigenvalue weighted by Crippen LogP contribution is 2.22. The van der Waals surface area contributed by atoms with Crippen LogP contribution in [0, 0.1) is 6.92 Å². The van der Waals surface area contributed by atoms with Gasteiger partial charge in [-0.25, -0.2) is 0 Å². The fourth-order valence-corrected chi connectivity index (χ4v) is 2.51. The minimum absolute atomic E-state index is 0.644. The van der Waals surface area contributed by atoms with E-state index < -0.39 is 0 Å². The van der Waals surface area contributed by atoms with Crippen LogP contribution in [-0.4, -0.2) is 18.0 Å². The van der Waals surface area contributed by atoms with Crippen molar-refractivity contribution in [2.45, 2.75) is 46.3 Å². The van der Waals surface area contributed by atoms with Crippen molar-refractivity contribution >= 4 is 11.3 Å². The van der Waals surface area contributed by atoms with Crippen LogP contribution in [0.5, 0.6) is 0 Å². The number of thiophene rings is 1. The first-order valence-corrected chi connectivity index (χ1v) is 6.38. The van der Waals surface area contributed by atoms with E-state index >= 15 is 0 Å². The van der Waals surface area contributed by atoms with Crippen molar-refractivity contribution in [1.82, 2.24) is 4.90 Å². The van der Waals surface area contributed by atoms with Crippen LogP contribution in [0.1, 0.15) is 35.6 Å². The molecule has 1 atom stereocenters. The molecule has 0 aromatic carbocycles. The predicted molar refractivity (Wildman–Crippen MR) is 68.2 cm³/mol. The van der Waals surface area contributed by atoms with E-state index in [1.54, 1.807) is 0 Å². The first kappa shape index (κ1) is 12.7. The van der Waals surface area contributed by atoms with Crippen LogP contribution in [-0.2, 0) is 13.1 Å². The molecule has 3 heteroatoms. The summed E-state index contributed by atoms with van der Waals surface area (Å²) < 4.78 is 0. The van der Waals surface area contributed by atoms with Gasteiger partial charge in [-0.2, -0.15) is 0 Å². The number of nitrogens with two attached hydrogens (primary N) is 1. The topological polar surface area (TPSA) is 29.3 Å². The fraction of sp³-hybridized carbons (Fsp3) is 0.667. The van der Waals surface area contributed by atoms with Crippen molar-refractivity contribution in [3.05, 3.63) is 21.4 Å². The van der Waals surface area contributed by atoms with Crippen LogP contribution in [0.25, 0.3) is 0 Å². The molecule has 0 saturated heterocycles. The highest BCUT2D eigenvalue weighted by atomic mass is 32.1. The summed E-state index contributed by atoms with van der Waals surface area (Å²) in [5.74, 6) is 0. The first-order chi connectivity index (χ1) is 7.08. The number of aryl methyl sites for hydroxylation is 1. The van der Waals surface area contributed by atoms with Crippen molar-refractivity contribution < 1.29 is 0 Å². The smallest absolute Gasteiger partial charge is 0.0274 e. The minimum Gasteiger partial charge on any atom is -0.326 e. The van der Waals surface area contributed by atoms with E-state index in [2.05, 4.69) is 38.8 Å². The van der Waals surface area contributed by atoms with E-state index in [1.807, 2.05) is 11.3 Å². The van der Waals surface area contributed by atoms with Gasteiger partial charge < -0.3 is 5.73 Å². The number of nitrogens with zero attached hydrogens (tertiary/aromatic N) is 1. The molecule has 0 bridgehead atoms. The Morgan fingerprint density at radius 3 is 2.67 bits per heavy atom. The largest absolute Gasteiger partial charge is 0.326 e. The van der Waals surface area contributed by atoms with Gasteiger partial charge in [-0.05, 0) is 38.9 Å². The molecule has 0 spiro atoms. The Bertz CT molecular complexity index is 307. The molecule has 2 nitrogen and oxygen atoms in total. The third-order valence-electron chi connectivity index (χ3n) is 3.04. The van der Waals surface area contributed by atoms with Crippen LogP contribution in [0.2, 0.25) is 0 Å². The van der Waals surface area contributed by atoms with Crippen LogP contribution >= 0.6 is 11.3 Å². The number of hydrogen-bond donors (Lipinski definition) is 1. The average molecular weight is 226 g/mol. The maximum atomic E-state index is 5.65. The highest BCUT2D eigenvalue weighted by molar-refractivity contribution is 7.12. The van der Waals surface area contributed by atoms with E-state index in [0.29, 0.717) is 12.6 Å². The SMILES string of the molecule is CCC(C)N(C)Cc1cc(CN)sc1C. The van der Waals surface area contributed by atoms with Gasteiger partial charge in [0.25, 0.3) is 0 Å². The zero-order valence-electron chi connectivity index (χ0n) is 10.2. The second kappa shape index (κ2) is 5.64. The minimum atomic E-state index is 0.644. The van der Waals surface area contributed by atoms with Gasteiger partial charge in [0.05, 0.1) is 0 Å². The second-order valence-electron chi connectivity index (χ2n) is 4.17. The second-order valence-corrected chi connectivity index (χ2v) is 5.51. The lowest BCUT2D eigenvalue weighted by Gasteiger charge is -2.23. The molecule has 86 valence electrons. The highest BCUT2D eigenvalue weighted by Gasteiger charge is 2.10. The van der Waals surface area contributed by atoms with E-state index in [9.17, 15) is 0 Å². The van der Waals surface area contributed by atoms with Crippen molar-refractivity contribution in [3.63, 3.8) is 0 Å². The Kier molecular flexibility index (Phi) is 4.77.